The Labute approximate surface area is 184 Å². The second-order valence-electron chi connectivity index (χ2n) is 6.91. The number of rotatable bonds is 6. The fraction of sp³-hybridized carbons (Fsp3) is 0.0800. The molecule has 0 spiro atoms. The Bertz CT molecular complexity index is 1250. The highest BCUT2D eigenvalue weighted by Crippen LogP contribution is 2.42. The van der Waals surface area contributed by atoms with Gasteiger partial charge < -0.3 is 10.3 Å². The predicted molar refractivity (Wildman–Crippen MR) is 128 cm³/mol. The Balaban J connectivity index is 1.97. The zero-order valence-electron chi connectivity index (χ0n) is 16.3. The summed E-state index contributed by atoms with van der Waals surface area (Å²) in [6, 6.07) is 25.3. The van der Waals surface area contributed by atoms with Gasteiger partial charge in [0.25, 0.3) is 5.56 Å². The topological polar surface area (TPSA) is 48.0 Å². The number of hydrogen-bond donors (Lipinski definition) is 1. The van der Waals surface area contributed by atoms with Crippen LogP contribution in [0.15, 0.2) is 101 Å². The summed E-state index contributed by atoms with van der Waals surface area (Å²) in [6.07, 6.45) is 1.73. The van der Waals surface area contributed by atoms with Crippen molar-refractivity contribution in [3.05, 3.63) is 118 Å². The van der Waals surface area contributed by atoms with E-state index in [1.54, 1.807) is 22.4 Å². The quantitative estimate of drug-likeness (QED) is 0.287. The van der Waals surface area contributed by atoms with E-state index in [1.165, 1.54) is 0 Å². The van der Waals surface area contributed by atoms with Crippen molar-refractivity contribution in [2.45, 2.75) is 16.7 Å². The Hall–Kier alpha value is -2.95. The van der Waals surface area contributed by atoms with Crippen molar-refractivity contribution in [3.63, 3.8) is 0 Å². The Morgan fingerprint density at radius 2 is 1.67 bits per heavy atom. The van der Waals surface area contributed by atoms with Crippen LogP contribution in [0.25, 0.3) is 10.9 Å². The lowest BCUT2D eigenvalue weighted by Crippen LogP contribution is -2.27. The van der Waals surface area contributed by atoms with Gasteiger partial charge in [0.15, 0.2) is 0 Å². The first kappa shape index (κ1) is 20.3. The third-order valence-corrected chi connectivity index (χ3v) is 6.53. The molecule has 1 atom stereocenters. The van der Waals surface area contributed by atoms with Crippen LogP contribution >= 0.6 is 23.4 Å². The predicted octanol–water partition coefficient (Wildman–Crippen LogP) is 6.30. The lowest BCUT2D eigenvalue weighted by Gasteiger charge is -2.22. The molecule has 0 radical (unpaired) electrons. The highest BCUT2D eigenvalue weighted by Gasteiger charge is 2.25. The van der Waals surface area contributed by atoms with Crippen LogP contribution in [-0.2, 0) is 6.54 Å². The minimum atomic E-state index is -0.263. The van der Waals surface area contributed by atoms with E-state index in [-0.39, 0.29) is 10.8 Å². The summed E-state index contributed by atoms with van der Waals surface area (Å²) in [7, 11) is 0. The molecular formula is C25H21ClN2OS. The van der Waals surface area contributed by atoms with Crippen molar-refractivity contribution in [1.82, 2.24) is 4.57 Å². The molecule has 0 aliphatic rings. The van der Waals surface area contributed by atoms with E-state index in [2.05, 4.69) is 6.58 Å². The molecule has 1 heterocycles. The molecule has 0 saturated carbocycles. The van der Waals surface area contributed by atoms with Gasteiger partial charge in [-0.1, -0.05) is 66.2 Å². The average molecular weight is 433 g/mol. The maximum absolute atomic E-state index is 13.7. The first-order chi connectivity index (χ1) is 14.6. The number of benzene rings is 3. The summed E-state index contributed by atoms with van der Waals surface area (Å²) in [6.45, 7) is 4.24. The number of allylic oxidation sites excluding steroid dienone is 1. The molecule has 1 unspecified atom stereocenters. The molecule has 3 nitrogen and oxygen atoms in total. The molecule has 0 aliphatic heterocycles. The Kier molecular flexibility index (Phi) is 5.98. The van der Waals surface area contributed by atoms with Gasteiger partial charge in [-0.15, -0.1) is 18.3 Å². The van der Waals surface area contributed by atoms with Crippen LogP contribution in [0.1, 0.15) is 16.4 Å². The first-order valence-corrected chi connectivity index (χ1v) is 10.8. The summed E-state index contributed by atoms with van der Waals surface area (Å²) < 4.78 is 1.74. The van der Waals surface area contributed by atoms with Crippen LogP contribution in [0.4, 0.5) is 5.69 Å². The lowest BCUT2D eigenvalue weighted by atomic mass is 10.0. The molecule has 4 aromatic rings. The number of para-hydroxylation sites is 1. The number of halogens is 1. The number of pyridine rings is 1. The van der Waals surface area contributed by atoms with Crippen molar-refractivity contribution >= 4 is 40.0 Å². The third kappa shape index (κ3) is 3.89. The Morgan fingerprint density at radius 1 is 1.00 bits per heavy atom. The first-order valence-electron chi connectivity index (χ1n) is 9.59. The van der Waals surface area contributed by atoms with E-state index >= 15 is 0 Å². The average Bonchev–Trinajstić information content (AvgIpc) is 2.78. The molecule has 0 bridgehead atoms. The molecule has 0 fully saturated rings. The van der Waals surface area contributed by atoms with Crippen molar-refractivity contribution in [2.75, 3.05) is 5.73 Å². The number of nitrogens with two attached hydrogens (primary N) is 1. The molecule has 3 aromatic carbocycles. The van der Waals surface area contributed by atoms with Gasteiger partial charge in [-0.05, 0) is 35.9 Å². The van der Waals surface area contributed by atoms with Gasteiger partial charge >= 0.3 is 0 Å². The van der Waals surface area contributed by atoms with Crippen molar-refractivity contribution < 1.29 is 0 Å². The SMILES string of the molecule is C=CCn1c(=O)c(C(Sc2ccc(Cl)cc2)c2ccccc2)c(N)c2ccccc21. The van der Waals surface area contributed by atoms with Crippen LogP contribution in [0.5, 0.6) is 0 Å². The molecule has 0 saturated heterocycles. The fourth-order valence-electron chi connectivity index (χ4n) is 3.59. The number of aromatic nitrogens is 1. The normalized spacial score (nSPS) is 12.0. The van der Waals surface area contributed by atoms with Gasteiger partial charge in [0, 0.05) is 21.8 Å². The number of nitrogen functional groups attached to an aromatic ring is 1. The summed E-state index contributed by atoms with van der Waals surface area (Å²) >= 11 is 7.65. The largest absolute Gasteiger partial charge is 0.398 e. The lowest BCUT2D eigenvalue weighted by molar-refractivity contribution is 0.804. The maximum atomic E-state index is 13.7. The van der Waals surface area contributed by atoms with E-state index in [0.717, 1.165) is 21.4 Å². The van der Waals surface area contributed by atoms with E-state index in [0.29, 0.717) is 22.8 Å². The van der Waals surface area contributed by atoms with Crippen LogP contribution in [0.3, 0.4) is 0 Å². The van der Waals surface area contributed by atoms with Gasteiger partial charge in [-0.2, -0.15) is 0 Å². The maximum Gasteiger partial charge on any atom is 0.258 e. The minimum Gasteiger partial charge on any atom is -0.398 e. The van der Waals surface area contributed by atoms with Gasteiger partial charge in [-0.25, -0.2) is 0 Å². The standard InChI is InChI=1S/C25H21ClN2OS/c1-2-16-28-21-11-7-6-10-20(21)23(27)22(25(28)29)24(17-8-4-3-5-9-17)30-19-14-12-18(26)13-15-19/h2-15,24H,1,16,27H2. The highest BCUT2D eigenvalue weighted by molar-refractivity contribution is 7.99. The van der Waals surface area contributed by atoms with Crippen molar-refractivity contribution in [2.24, 2.45) is 0 Å². The van der Waals surface area contributed by atoms with E-state index in [1.807, 2.05) is 78.9 Å². The zero-order valence-corrected chi connectivity index (χ0v) is 17.9. The fourth-order valence-corrected chi connectivity index (χ4v) is 4.92. The summed E-state index contributed by atoms with van der Waals surface area (Å²) in [4.78, 5) is 14.7. The number of thioether (sulfide) groups is 1. The van der Waals surface area contributed by atoms with Crippen LogP contribution in [0, 0.1) is 0 Å². The second-order valence-corrected chi connectivity index (χ2v) is 8.53. The van der Waals surface area contributed by atoms with E-state index < -0.39 is 0 Å². The Morgan fingerprint density at radius 3 is 2.37 bits per heavy atom. The summed E-state index contributed by atoms with van der Waals surface area (Å²) in [5, 5.41) is 1.28. The van der Waals surface area contributed by atoms with Crippen LogP contribution in [0.2, 0.25) is 5.02 Å². The van der Waals surface area contributed by atoms with Gasteiger partial charge in [0.2, 0.25) is 0 Å². The van der Waals surface area contributed by atoms with Crippen molar-refractivity contribution in [3.8, 4) is 0 Å². The smallest absolute Gasteiger partial charge is 0.258 e. The van der Waals surface area contributed by atoms with Crippen LogP contribution in [-0.4, -0.2) is 4.57 Å². The number of hydrogen-bond acceptors (Lipinski definition) is 3. The van der Waals surface area contributed by atoms with Crippen LogP contribution < -0.4 is 11.3 Å². The van der Waals surface area contributed by atoms with E-state index in [4.69, 9.17) is 17.3 Å². The summed E-state index contributed by atoms with van der Waals surface area (Å²) in [5.74, 6) is 0. The zero-order chi connectivity index (χ0) is 21.1. The number of nitrogens with zero attached hydrogens (tertiary/aromatic N) is 1. The summed E-state index contributed by atoms with van der Waals surface area (Å²) in [5.41, 5.74) is 9.46. The molecule has 30 heavy (non-hydrogen) atoms. The molecule has 1 aromatic heterocycles. The highest BCUT2D eigenvalue weighted by atomic mass is 35.5. The van der Waals surface area contributed by atoms with Crippen molar-refractivity contribution in [1.29, 1.82) is 0 Å². The third-order valence-electron chi connectivity index (χ3n) is 4.99. The molecule has 5 heteroatoms. The molecule has 2 N–H and O–H groups in total. The van der Waals surface area contributed by atoms with E-state index in [9.17, 15) is 4.79 Å². The monoisotopic (exact) mass is 432 g/mol. The molecule has 0 aliphatic carbocycles. The minimum absolute atomic E-state index is 0.0959. The molecular weight excluding hydrogens is 412 g/mol. The van der Waals surface area contributed by atoms with Gasteiger partial charge in [0.1, 0.15) is 0 Å². The second kappa shape index (κ2) is 8.82. The molecule has 150 valence electrons. The van der Waals surface area contributed by atoms with Gasteiger partial charge in [0.05, 0.1) is 22.0 Å². The molecule has 0 amide bonds. The molecule has 4 rings (SSSR count). The van der Waals surface area contributed by atoms with Gasteiger partial charge in [-0.3, -0.25) is 4.79 Å². The number of anilines is 1. The number of fused-ring (bicyclic) bond motifs is 1.